The van der Waals surface area contributed by atoms with Crippen LogP contribution in [-0.2, 0) is 9.53 Å². The first-order valence-electron chi connectivity index (χ1n) is 7.70. The zero-order valence-corrected chi connectivity index (χ0v) is 12.7. The normalized spacial score (nSPS) is 18.3. The van der Waals surface area contributed by atoms with Crippen LogP contribution in [0.15, 0.2) is 18.6 Å². The molecule has 7 nitrogen and oxygen atoms in total. The zero-order chi connectivity index (χ0) is 15.4. The highest BCUT2D eigenvalue weighted by Gasteiger charge is 2.26. The van der Waals surface area contributed by atoms with E-state index in [9.17, 15) is 4.79 Å². The van der Waals surface area contributed by atoms with Crippen LogP contribution in [0.25, 0.3) is 11.0 Å². The Labute approximate surface area is 129 Å². The van der Waals surface area contributed by atoms with E-state index in [1.807, 2.05) is 24.1 Å². The molecule has 3 rings (SSSR count). The summed E-state index contributed by atoms with van der Waals surface area (Å²) >= 11 is 0. The van der Waals surface area contributed by atoms with E-state index in [0.717, 1.165) is 42.8 Å². The molecule has 118 valence electrons. The molecule has 3 heterocycles. The summed E-state index contributed by atoms with van der Waals surface area (Å²) in [6.07, 6.45) is 5.49. The number of fused-ring (bicyclic) bond motifs is 1. The van der Waals surface area contributed by atoms with Gasteiger partial charge in [-0.2, -0.15) is 0 Å². The topological polar surface area (TPSA) is 83.1 Å². The number of hydrogen-bond acceptors (Lipinski definition) is 6. The van der Waals surface area contributed by atoms with Crippen molar-refractivity contribution >= 4 is 22.8 Å². The Morgan fingerprint density at radius 3 is 3.18 bits per heavy atom. The van der Waals surface area contributed by atoms with Gasteiger partial charge in [-0.15, -0.1) is 0 Å². The van der Waals surface area contributed by atoms with Crippen molar-refractivity contribution in [1.82, 2.24) is 20.3 Å². The smallest absolute Gasteiger partial charge is 0.325 e. The van der Waals surface area contributed by atoms with Gasteiger partial charge in [0.2, 0.25) is 0 Å². The molecule has 1 atom stereocenters. The van der Waals surface area contributed by atoms with Crippen molar-refractivity contribution in [2.75, 3.05) is 31.1 Å². The predicted molar refractivity (Wildman–Crippen MR) is 83.8 cm³/mol. The van der Waals surface area contributed by atoms with Crippen LogP contribution in [0.3, 0.4) is 0 Å². The number of rotatable bonds is 5. The van der Waals surface area contributed by atoms with Crippen molar-refractivity contribution in [2.24, 2.45) is 0 Å². The first-order chi connectivity index (χ1) is 10.8. The van der Waals surface area contributed by atoms with Gasteiger partial charge in [0.25, 0.3) is 0 Å². The maximum absolute atomic E-state index is 12.0. The van der Waals surface area contributed by atoms with Gasteiger partial charge in [-0.05, 0) is 32.4 Å². The first kappa shape index (κ1) is 14.8. The van der Waals surface area contributed by atoms with Crippen LogP contribution in [0.4, 0.5) is 5.82 Å². The number of nitrogens with one attached hydrogen (secondary N) is 2. The molecule has 0 amide bonds. The highest BCUT2D eigenvalue weighted by molar-refractivity contribution is 5.89. The molecule has 2 aromatic heterocycles. The lowest BCUT2D eigenvalue weighted by atomic mass is 10.1. The molecule has 2 aromatic rings. The number of anilines is 1. The maximum Gasteiger partial charge on any atom is 0.325 e. The Hall–Kier alpha value is -2.15. The van der Waals surface area contributed by atoms with Gasteiger partial charge in [0, 0.05) is 18.8 Å². The highest BCUT2D eigenvalue weighted by atomic mass is 16.5. The van der Waals surface area contributed by atoms with E-state index in [4.69, 9.17) is 4.74 Å². The summed E-state index contributed by atoms with van der Waals surface area (Å²) in [6, 6.07) is 2.17. The second-order valence-electron chi connectivity index (χ2n) is 5.37. The molecule has 0 unspecified atom stereocenters. The molecule has 1 aliphatic rings. The number of piperidine rings is 1. The minimum Gasteiger partial charge on any atom is -0.465 e. The summed E-state index contributed by atoms with van der Waals surface area (Å²) < 4.78 is 5.13. The molecule has 2 N–H and O–H groups in total. The fourth-order valence-corrected chi connectivity index (χ4v) is 2.91. The van der Waals surface area contributed by atoms with Crippen molar-refractivity contribution in [3.05, 3.63) is 18.6 Å². The molecular formula is C15H21N5O2. The van der Waals surface area contributed by atoms with E-state index in [0.29, 0.717) is 6.61 Å². The molecule has 0 bridgehead atoms. The van der Waals surface area contributed by atoms with Crippen LogP contribution in [0.1, 0.15) is 19.8 Å². The minimum atomic E-state index is -0.227. The van der Waals surface area contributed by atoms with Crippen LogP contribution in [0.2, 0.25) is 0 Å². The number of carbonyl (C=O) groups is 1. The van der Waals surface area contributed by atoms with E-state index in [-0.39, 0.29) is 18.6 Å². The highest BCUT2D eigenvalue weighted by Crippen LogP contribution is 2.25. The quantitative estimate of drug-likeness (QED) is 0.804. The molecule has 22 heavy (non-hydrogen) atoms. The van der Waals surface area contributed by atoms with Crippen molar-refractivity contribution in [3.8, 4) is 0 Å². The Balaban J connectivity index is 1.92. The molecule has 0 aromatic carbocycles. The molecule has 0 saturated carbocycles. The van der Waals surface area contributed by atoms with Crippen LogP contribution >= 0.6 is 0 Å². The number of nitrogens with zero attached hydrogens (tertiary/aromatic N) is 3. The van der Waals surface area contributed by atoms with Gasteiger partial charge >= 0.3 is 5.97 Å². The Morgan fingerprint density at radius 2 is 2.41 bits per heavy atom. The number of H-pyrrole nitrogens is 1. The zero-order valence-electron chi connectivity index (χ0n) is 12.7. The van der Waals surface area contributed by atoms with Gasteiger partial charge < -0.3 is 19.9 Å². The van der Waals surface area contributed by atoms with Crippen molar-refractivity contribution in [2.45, 2.75) is 25.8 Å². The van der Waals surface area contributed by atoms with E-state index >= 15 is 0 Å². The SMILES string of the molecule is CCOC(=O)CN(c1ncnc2[nH]ccc12)[C@@H]1CCCNC1. The summed E-state index contributed by atoms with van der Waals surface area (Å²) in [7, 11) is 0. The lowest BCUT2D eigenvalue weighted by Crippen LogP contribution is -2.48. The van der Waals surface area contributed by atoms with Crippen molar-refractivity contribution in [1.29, 1.82) is 0 Å². The van der Waals surface area contributed by atoms with E-state index in [1.54, 1.807) is 0 Å². The molecule has 1 aliphatic heterocycles. The summed E-state index contributed by atoms with van der Waals surface area (Å²) in [4.78, 5) is 25.8. The summed E-state index contributed by atoms with van der Waals surface area (Å²) in [5.74, 6) is 0.559. The number of aromatic amines is 1. The molecule has 0 spiro atoms. The average Bonchev–Trinajstić information content (AvgIpc) is 3.02. The van der Waals surface area contributed by atoms with Gasteiger partial charge in [0.15, 0.2) is 0 Å². The first-order valence-corrected chi connectivity index (χ1v) is 7.70. The molecule has 0 aliphatic carbocycles. The van der Waals surface area contributed by atoms with Crippen LogP contribution in [0, 0.1) is 0 Å². The standard InChI is InChI=1S/C15H21N5O2/c1-2-22-13(21)9-20(11-4-3-6-16-8-11)15-12-5-7-17-14(12)18-10-19-15/h5,7,10-11,16H,2-4,6,8-9H2,1H3,(H,17,18,19)/t11-/m1/s1. The number of esters is 1. The Morgan fingerprint density at radius 1 is 1.50 bits per heavy atom. The third kappa shape index (κ3) is 3.04. The third-order valence-corrected chi connectivity index (χ3v) is 3.92. The lowest BCUT2D eigenvalue weighted by Gasteiger charge is -2.35. The summed E-state index contributed by atoms with van der Waals surface area (Å²) in [5.41, 5.74) is 0.780. The van der Waals surface area contributed by atoms with Crippen LogP contribution in [0.5, 0.6) is 0 Å². The summed E-state index contributed by atoms with van der Waals surface area (Å²) in [5, 5.41) is 4.32. The molecule has 0 radical (unpaired) electrons. The fourth-order valence-electron chi connectivity index (χ4n) is 2.91. The fraction of sp³-hybridized carbons (Fsp3) is 0.533. The largest absolute Gasteiger partial charge is 0.465 e. The monoisotopic (exact) mass is 303 g/mol. The summed E-state index contributed by atoms with van der Waals surface area (Å²) in [6.45, 7) is 4.28. The molecule has 1 fully saturated rings. The van der Waals surface area contributed by atoms with Gasteiger partial charge in [-0.25, -0.2) is 9.97 Å². The maximum atomic E-state index is 12.0. The van der Waals surface area contributed by atoms with E-state index in [2.05, 4.69) is 20.3 Å². The Kier molecular flexibility index (Phi) is 4.53. The van der Waals surface area contributed by atoms with Crippen molar-refractivity contribution in [3.63, 3.8) is 0 Å². The third-order valence-electron chi connectivity index (χ3n) is 3.92. The van der Waals surface area contributed by atoms with Crippen LogP contribution in [-0.4, -0.2) is 53.2 Å². The van der Waals surface area contributed by atoms with Gasteiger partial charge in [-0.1, -0.05) is 0 Å². The van der Waals surface area contributed by atoms with Gasteiger partial charge in [-0.3, -0.25) is 4.79 Å². The second kappa shape index (κ2) is 6.74. The van der Waals surface area contributed by atoms with E-state index < -0.39 is 0 Å². The van der Waals surface area contributed by atoms with Gasteiger partial charge in [0.05, 0.1) is 12.0 Å². The second-order valence-corrected chi connectivity index (χ2v) is 5.37. The minimum absolute atomic E-state index is 0.206. The van der Waals surface area contributed by atoms with E-state index in [1.165, 1.54) is 6.33 Å². The average molecular weight is 303 g/mol. The Bertz CT molecular complexity index is 636. The predicted octanol–water partition coefficient (Wildman–Crippen LogP) is 1.08. The number of ether oxygens (including phenoxy) is 1. The molecule has 1 saturated heterocycles. The van der Waals surface area contributed by atoms with Gasteiger partial charge in [0.1, 0.15) is 24.3 Å². The number of aromatic nitrogens is 3. The lowest BCUT2D eigenvalue weighted by molar-refractivity contribution is -0.141. The number of hydrogen-bond donors (Lipinski definition) is 2. The number of carbonyl (C=O) groups excluding carboxylic acids is 1. The van der Waals surface area contributed by atoms with Crippen molar-refractivity contribution < 1.29 is 9.53 Å². The molecular weight excluding hydrogens is 282 g/mol. The van der Waals surface area contributed by atoms with Crippen LogP contribution < -0.4 is 10.2 Å². The molecule has 7 heteroatoms.